The molecule has 0 heterocycles. The number of aliphatic hydroxyl groups excluding tert-OH is 1. The molecule has 0 amide bonds. The summed E-state index contributed by atoms with van der Waals surface area (Å²) in [5.74, 6) is 0. The molecule has 0 bridgehead atoms. The Labute approximate surface area is 136 Å². The van der Waals surface area contributed by atoms with Crippen LogP contribution in [0.15, 0.2) is 27.6 Å². The molecule has 1 rings (SSSR count). The Balaban J connectivity index is 2.72. The van der Waals surface area contributed by atoms with Crippen molar-refractivity contribution in [1.29, 1.82) is 0 Å². The Hall–Kier alpha value is -0.430. The molecule has 0 saturated carbocycles. The lowest BCUT2D eigenvalue weighted by atomic mass is 10.1. The van der Waals surface area contributed by atoms with Crippen LogP contribution in [0.3, 0.4) is 0 Å². The molecule has 6 heteroatoms. The third-order valence-electron chi connectivity index (χ3n) is 3.31. The van der Waals surface area contributed by atoms with Gasteiger partial charge in [0, 0.05) is 10.5 Å². The van der Waals surface area contributed by atoms with Crippen LogP contribution in [0.25, 0.3) is 0 Å². The number of sulfonamides is 1. The van der Waals surface area contributed by atoms with E-state index in [-0.39, 0.29) is 17.5 Å². The highest BCUT2D eigenvalue weighted by atomic mass is 79.9. The van der Waals surface area contributed by atoms with Crippen LogP contribution >= 0.6 is 15.9 Å². The predicted octanol–water partition coefficient (Wildman–Crippen LogP) is 3.58. The Kier molecular flexibility index (Phi) is 7.87. The molecule has 21 heavy (non-hydrogen) atoms. The van der Waals surface area contributed by atoms with Gasteiger partial charge in [0.1, 0.15) is 0 Å². The lowest BCUT2D eigenvalue weighted by molar-refractivity contribution is 0.281. The van der Waals surface area contributed by atoms with Crippen molar-refractivity contribution in [2.75, 3.05) is 0 Å². The summed E-state index contributed by atoms with van der Waals surface area (Å²) in [6.07, 6.45) is 5.34. The molecule has 0 aliphatic rings. The molecule has 2 N–H and O–H groups in total. The van der Waals surface area contributed by atoms with E-state index in [1.54, 1.807) is 12.1 Å². The fourth-order valence-corrected chi connectivity index (χ4v) is 4.41. The maximum atomic E-state index is 12.4. The average molecular weight is 378 g/mol. The minimum atomic E-state index is -3.57. The van der Waals surface area contributed by atoms with Crippen LogP contribution in [0.2, 0.25) is 0 Å². The molecule has 1 aromatic carbocycles. The number of hydrogen-bond acceptors (Lipinski definition) is 3. The van der Waals surface area contributed by atoms with Gasteiger partial charge in [0.15, 0.2) is 0 Å². The molecule has 0 spiro atoms. The van der Waals surface area contributed by atoms with E-state index in [1.165, 1.54) is 18.9 Å². The van der Waals surface area contributed by atoms with Crippen molar-refractivity contribution in [1.82, 2.24) is 4.72 Å². The predicted molar refractivity (Wildman–Crippen MR) is 88.6 cm³/mol. The highest BCUT2D eigenvalue weighted by molar-refractivity contribution is 9.10. The number of nitrogens with one attached hydrogen (secondary N) is 1. The first-order chi connectivity index (χ1) is 9.90. The molecular formula is C15H24BrNO3S. The first kappa shape index (κ1) is 18.6. The fraction of sp³-hybridized carbons (Fsp3) is 0.600. The number of hydrogen-bond donors (Lipinski definition) is 2. The molecule has 0 aromatic heterocycles. The largest absolute Gasteiger partial charge is 0.392 e. The van der Waals surface area contributed by atoms with Gasteiger partial charge in [-0.2, -0.15) is 0 Å². The standard InChI is InChI=1S/C15H24BrNO3S/c1-3-4-5-6-7-12(2)17-21(19,20)15-10-13(11-18)8-9-14(15)16/h8-10,12,17-18H,3-7,11H2,1-2H3. The second kappa shape index (κ2) is 8.88. The summed E-state index contributed by atoms with van der Waals surface area (Å²) in [6, 6.07) is 4.73. The minimum Gasteiger partial charge on any atom is -0.392 e. The van der Waals surface area contributed by atoms with Crippen molar-refractivity contribution in [3.8, 4) is 0 Å². The molecule has 0 radical (unpaired) electrons. The Morgan fingerprint density at radius 2 is 2.00 bits per heavy atom. The number of halogens is 1. The molecular weight excluding hydrogens is 354 g/mol. The SMILES string of the molecule is CCCCCCC(C)NS(=O)(=O)c1cc(CO)ccc1Br. The van der Waals surface area contributed by atoms with Gasteiger partial charge in [-0.15, -0.1) is 0 Å². The highest BCUT2D eigenvalue weighted by Crippen LogP contribution is 2.23. The Morgan fingerprint density at radius 1 is 1.29 bits per heavy atom. The van der Waals surface area contributed by atoms with Crippen molar-refractivity contribution < 1.29 is 13.5 Å². The molecule has 1 aromatic rings. The van der Waals surface area contributed by atoms with Gasteiger partial charge in [0.2, 0.25) is 10.0 Å². The summed E-state index contributed by atoms with van der Waals surface area (Å²) in [6.45, 7) is 3.85. The van der Waals surface area contributed by atoms with Crippen LogP contribution < -0.4 is 4.72 Å². The lowest BCUT2D eigenvalue weighted by Gasteiger charge is -2.15. The minimum absolute atomic E-state index is 0.100. The second-order valence-electron chi connectivity index (χ2n) is 5.29. The molecule has 0 aliphatic carbocycles. The topological polar surface area (TPSA) is 66.4 Å². The normalized spacial score (nSPS) is 13.3. The van der Waals surface area contributed by atoms with Crippen LogP contribution in [-0.4, -0.2) is 19.6 Å². The highest BCUT2D eigenvalue weighted by Gasteiger charge is 2.20. The van der Waals surface area contributed by atoms with E-state index in [0.717, 1.165) is 19.3 Å². The van der Waals surface area contributed by atoms with Crippen molar-refractivity contribution in [2.24, 2.45) is 0 Å². The molecule has 120 valence electrons. The maximum Gasteiger partial charge on any atom is 0.241 e. The fourth-order valence-electron chi connectivity index (χ4n) is 2.12. The van der Waals surface area contributed by atoms with Gasteiger partial charge in [-0.3, -0.25) is 0 Å². The number of unbranched alkanes of at least 4 members (excludes halogenated alkanes) is 3. The van der Waals surface area contributed by atoms with Gasteiger partial charge < -0.3 is 5.11 Å². The summed E-state index contributed by atoms with van der Waals surface area (Å²) < 4.78 is 28.0. The molecule has 4 nitrogen and oxygen atoms in total. The van der Waals surface area contributed by atoms with Crippen LogP contribution in [0.1, 0.15) is 51.5 Å². The van der Waals surface area contributed by atoms with Crippen molar-refractivity contribution >= 4 is 26.0 Å². The number of rotatable bonds is 9. The number of aliphatic hydroxyl groups is 1. The molecule has 0 aliphatic heterocycles. The average Bonchev–Trinajstić information content (AvgIpc) is 2.43. The van der Waals surface area contributed by atoms with E-state index in [2.05, 4.69) is 27.6 Å². The summed E-state index contributed by atoms with van der Waals surface area (Å²) in [5.41, 5.74) is 0.578. The van der Waals surface area contributed by atoms with Crippen molar-refractivity contribution in [3.05, 3.63) is 28.2 Å². The van der Waals surface area contributed by atoms with Crippen molar-refractivity contribution in [3.63, 3.8) is 0 Å². The van der Waals surface area contributed by atoms with Crippen LogP contribution in [-0.2, 0) is 16.6 Å². The van der Waals surface area contributed by atoms with Crippen LogP contribution in [0, 0.1) is 0 Å². The Morgan fingerprint density at radius 3 is 2.62 bits per heavy atom. The van der Waals surface area contributed by atoms with E-state index in [9.17, 15) is 8.42 Å². The van der Waals surface area contributed by atoms with Gasteiger partial charge in [0.05, 0.1) is 11.5 Å². The smallest absolute Gasteiger partial charge is 0.241 e. The monoisotopic (exact) mass is 377 g/mol. The zero-order valence-corrected chi connectivity index (χ0v) is 15.0. The van der Waals surface area contributed by atoms with E-state index < -0.39 is 10.0 Å². The zero-order chi connectivity index (χ0) is 15.9. The van der Waals surface area contributed by atoms with E-state index in [1.807, 2.05) is 6.92 Å². The van der Waals surface area contributed by atoms with Gasteiger partial charge in [0.25, 0.3) is 0 Å². The lowest BCUT2D eigenvalue weighted by Crippen LogP contribution is -2.32. The van der Waals surface area contributed by atoms with Gasteiger partial charge >= 0.3 is 0 Å². The van der Waals surface area contributed by atoms with Crippen LogP contribution in [0.4, 0.5) is 0 Å². The van der Waals surface area contributed by atoms with Gasteiger partial charge in [-0.25, -0.2) is 13.1 Å². The van der Waals surface area contributed by atoms with E-state index in [0.29, 0.717) is 10.0 Å². The first-order valence-electron chi connectivity index (χ1n) is 7.32. The third-order valence-corrected chi connectivity index (χ3v) is 5.90. The quantitative estimate of drug-likeness (QED) is 0.646. The first-order valence-corrected chi connectivity index (χ1v) is 9.60. The van der Waals surface area contributed by atoms with E-state index in [4.69, 9.17) is 5.11 Å². The van der Waals surface area contributed by atoms with Gasteiger partial charge in [-0.05, 0) is 47.0 Å². The zero-order valence-electron chi connectivity index (χ0n) is 12.6. The van der Waals surface area contributed by atoms with E-state index >= 15 is 0 Å². The number of benzene rings is 1. The summed E-state index contributed by atoms with van der Waals surface area (Å²) in [7, 11) is -3.57. The third kappa shape index (κ3) is 6.06. The molecule has 0 fully saturated rings. The second-order valence-corrected chi connectivity index (χ2v) is 7.83. The Bertz CT molecular complexity index is 546. The van der Waals surface area contributed by atoms with Gasteiger partial charge in [-0.1, -0.05) is 38.7 Å². The summed E-state index contributed by atoms with van der Waals surface area (Å²) in [4.78, 5) is 0.175. The molecule has 0 saturated heterocycles. The molecule has 1 atom stereocenters. The maximum absolute atomic E-state index is 12.4. The summed E-state index contributed by atoms with van der Waals surface area (Å²) in [5, 5.41) is 9.14. The summed E-state index contributed by atoms with van der Waals surface area (Å²) >= 11 is 3.26. The molecule has 1 unspecified atom stereocenters. The van der Waals surface area contributed by atoms with Crippen molar-refractivity contribution in [2.45, 2.75) is 63.5 Å². The van der Waals surface area contributed by atoms with Crippen LogP contribution in [0.5, 0.6) is 0 Å².